The fourth-order valence-corrected chi connectivity index (χ4v) is 1.87. The predicted octanol–water partition coefficient (Wildman–Crippen LogP) is 1.62. The molecule has 4 heteroatoms. The first kappa shape index (κ1) is 9.96. The van der Waals surface area contributed by atoms with Gasteiger partial charge in [0, 0.05) is 10.2 Å². The van der Waals surface area contributed by atoms with Crippen LogP contribution in [0.15, 0.2) is 28.7 Å². The molecule has 1 aromatic rings. The normalized spacial score (nSPS) is 26.4. The quantitative estimate of drug-likeness (QED) is 0.847. The number of halogens is 1. The van der Waals surface area contributed by atoms with Crippen LogP contribution in [0, 0.1) is 0 Å². The third-order valence-corrected chi connectivity index (χ3v) is 2.72. The Balaban J connectivity index is 2.03. The average molecular weight is 258 g/mol. The smallest absolute Gasteiger partial charge is 0.0996 e. The van der Waals surface area contributed by atoms with Gasteiger partial charge in [-0.3, -0.25) is 0 Å². The van der Waals surface area contributed by atoms with Crippen molar-refractivity contribution in [2.24, 2.45) is 0 Å². The van der Waals surface area contributed by atoms with Gasteiger partial charge in [-0.05, 0) is 18.2 Å². The zero-order chi connectivity index (χ0) is 9.97. The van der Waals surface area contributed by atoms with Crippen molar-refractivity contribution in [3.8, 4) is 0 Å². The number of anilines is 1. The minimum atomic E-state index is -0.408. The van der Waals surface area contributed by atoms with Crippen molar-refractivity contribution < 1.29 is 9.84 Å². The Morgan fingerprint density at radius 3 is 2.93 bits per heavy atom. The highest BCUT2D eigenvalue weighted by atomic mass is 79.9. The first-order valence-electron chi connectivity index (χ1n) is 4.53. The lowest BCUT2D eigenvalue weighted by molar-refractivity contribution is 0.125. The first-order chi connectivity index (χ1) is 6.75. The monoisotopic (exact) mass is 257 g/mol. The standard InChI is InChI=1S/C10H12BrNO2/c11-7-2-1-3-8(4-7)12-9-5-14-6-10(9)13/h1-4,9-10,12-13H,5-6H2. The van der Waals surface area contributed by atoms with Gasteiger partial charge in [0.2, 0.25) is 0 Å². The second kappa shape index (κ2) is 4.29. The van der Waals surface area contributed by atoms with Crippen molar-refractivity contribution in [2.45, 2.75) is 12.1 Å². The zero-order valence-electron chi connectivity index (χ0n) is 7.61. The van der Waals surface area contributed by atoms with Gasteiger partial charge in [0.15, 0.2) is 0 Å². The Morgan fingerprint density at radius 1 is 1.43 bits per heavy atom. The van der Waals surface area contributed by atoms with Crippen LogP contribution in [0.4, 0.5) is 5.69 Å². The molecule has 0 spiro atoms. The molecule has 14 heavy (non-hydrogen) atoms. The molecule has 2 unspecified atom stereocenters. The summed E-state index contributed by atoms with van der Waals surface area (Å²) in [5.74, 6) is 0. The molecule has 1 aromatic carbocycles. The van der Waals surface area contributed by atoms with Crippen LogP contribution < -0.4 is 5.32 Å². The van der Waals surface area contributed by atoms with E-state index >= 15 is 0 Å². The molecule has 2 N–H and O–H groups in total. The maximum absolute atomic E-state index is 9.52. The van der Waals surface area contributed by atoms with Gasteiger partial charge in [0.25, 0.3) is 0 Å². The highest BCUT2D eigenvalue weighted by Gasteiger charge is 2.25. The first-order valence-corrected chi connectivity index (χ1v) is 5.33. The molecule has 1 fully saturated rings. The van der Waals surface area contributed by atoms with E-state index in [9.17, 15) is 5.11 Å². The second-order valence-electron chi connectivity index (χ2n) is 3.37. The summed E-state index contributed by atoms with van der Waals surface area (Å²) < 4.78 is 6.17. The maximum Gasteiger partial charge on any atom is 0.0996 e. The van der Waals surface area contributed by atoms with Gasteiger partial charge in [-0.1, -0.05) is 22.0 Å². The lowest BCUT2D eigenvalue weighted by Gasteiger charge is -2.15. The van der Waals surface area contributed by atoms with E-state index in [1.165, 1.54) is 0 Å². The SMILES string of the molecule is OC1COCC1Nc1cccc(Br)c1. The van der Waals surface area contributed by atoms with Gasteiger partial charge in [-0.2, -0.15) is 0 Å². The molecule has 1 saturated heterocycles. The molecule has 2 atom stereocenters. The van der Waals surface area contributed by atoms with Crippen LogP contribution in [-0.4, -0.2) is 30.5 Å². The number of hydrogen-bond acceptors (Lipinski definition) is 3. The summed E-state index contributed by atoms with van der Waals surface area (Å²) in [7, 11) is 0. The Bertz CT molecular complexity index is 319. The highest BCUT2D eigenvalue weighted by molar-refractivity contribution is 9.10. The number of aliphatic hydroxyl groups is 1. The van der Waals surface area contributed by atoms with Gasteiger partial charge in [-0.15, -0.1) is 0 Å². The van der Waals surface area contributed by atoms with Crippen molar-refractivity contribution in [1.82, 2.24) is 0 Å². The molecule has 1 aliphatic heterocycles. The van der Waals surface area contributed by atoms with Gasteiger partial charge in [0.1, 0.15) is 0 Å². The van der Waals surface area contributed by atoms with Crippen LogP contribution in [0.3, 0.4) is 0 Å². The minimum Gasteiger partial charge on any atom is -0.388 e. The van der Waals surface area contributed by atoms with Crippen LogP contribution in [0.1, 0.15) is 0 Å². The van der Waals surface area contributed by atoms with Crippen LogP contribution in [0.25, 0.3) is 0 Å². The van der Waals surface area contributed by atoms with E-state index in [-0.39, 0.29) is 6.04 Å². The molecular weight excluding hydrogens is 246 g/mol. The summed E-state index contributed by atoms with van der Waals surface area (Å²) in [5, 5.41) is 12.7. The second-order valence-corrected chi connectivity index (χ2v) is 4.28. The fourth-order valence-electron chi connectivity index (χ4n) is 1.47. The largest absolute Gasteiger partial charge is 0.388 e. The topological polar surface area (TPSA) is 41.5 Å². The van der Waals surface area contributed by atoms with Crippen molar-refractivity contribution in [2.75, 3.05) is 18.5 Å². The molecule has 0 amide bonds. The molecule has 2 rings (SSSR count). The number of benzene rings is 1. The number of rotatable bonds is 2. The number of hydrogen-bond donors (Lipinski definition) is 2. The molecule has 3 nitrogen and oxygen atoms in total. The third kappa shape index (κ3) is 2.26. The average Bonchev–Trinajstić information content (AvgIpc) is 2.52. The minimum absolute atomic E-state index is 0.00398. The summed E-state index contributed by atoms with van der Waals surface area (Å²) in [4.78, 5) is 0. The van der Waals surface area contributed by atoms with Crippen LogP contribution in [0.2, 0.25) is 0 Å². The molecule has 0 saturated carbocycles. The van der Waals surface area contributed by atoms with Gasteiger partial charge in [-0.25, -0.2) is 0 Å². The van der Waals surface area contributed by atoms with Gasteiger partial charge < -0.3 is 15.2 Å². The van der Waals surface area contributed by atoms with E-state index in [4.69, 9.17) is 4.74 Å². The Kier molecular flexibility index (Phi) is 3.05. The van der Waals surface area contributed by atoms with Crippen molar-refractivity contribution in [1.29, 1.82) is 0 Å². The highest BCUT2D eigenvalue weighted by Crippen LogP contribution is 2.18. The van der Waals surface area contributed by atoms with E-state index < -0.39 is 6.10 Å². The molecular formula is C10H12BrNO2. The number of nitrogens with one attached hydrogen (secondary N) is 1. The lowest BCUT2D eigenvalue weighted by atomic mass is 10.2. The summed E-state index contributed by atoms with van der Waals surface area (Å²) >= 11 is 3.39. The maximum atomic E-state index is 9.52. The van der Waals surface area contributed by atoms with Crippen LogP contribution >= 0.6 is 15.9 Å². The third-order valence-electron chi connectivity index (χ3n) is 2.23. The van der Waals surface area contributed by atoms with E-state index in [0.29, 0.717) is 13.2 Å². The molecule has 0 aromatic heterocycles. The predicted molar refractivity (Wildman–Crippen MR) is 58.4 cm³/mol. The van der Waals surface area contributed by atoms with E-state index in [1.807, 2.05) is 24.3 Å². The number of aliphatic hydroxyl groups excluding tert-OH is 1. The van der Waals surface area contributed by atoms with Crippen molar-refractivity contribution in [3.05, 3.63) is 28.7 Å². The summed E-state index contributed by atoms with van der Waals surface area (Å²) in [6.45, 7) is 0.985. The lowest BCUT2D eigenvalue weighted by Crippen LogP contribution is -2.31. The zero-order valence-corrected chi connectivity index (χ0v) is 9.20. The summed E-state index contributed by atoms with van der Waals surface area (Å²) in [5.41, 5.74) is 0.994. The fraction of sp³-hybridized carbons (Fsp3) is 0.400. The molecule has 1 heterocycles. The summed E-state index contributed by atoms with van der Waals surface area (Å²) in [6, 6.07) is 7.87. The van der Waals surface area contributed by atoms with Gasteiger partial charge in [0.05, 0.1) is 25.4 Å². The molecule has 76 valence electrons. The van der Waals surface area contributed by atoms with Crippen LogP contribution in [-0.2, 0) is 4.74 Å². The van der Waals surface area contributed by atoms with Crippen molar-refractivity contribution in [3.63, 3.8) is 0 Å². The molecule has 0 bridgehead atoms. The number of ether oxygens (including phenoxy) is 1. The van der Waals surface area contributed by atoms with E-state index in [2.05, 4.69) is 21.2 Å². The molecule has 0 radical (unpaired) electrons. The molecule has 0 aliphatic carbocycles. The molecule has 1 aliphatic rings. The summed E-state index contributed by atoms with van der Waals surface area (Å²) in [6.07, 6.45) is -0.408. The van der Waals surface area contributed by atoms with Crippen molar-refractivity contribution >= 4 is 21.6 Å². The Hall–Kier alpha value is -0.580. The Labute approximate surface area is 91.2 Å². The van der Waals surface area contributed by atoms with E-state index in [0.717, 1.165) is 10.2 Å². The van der Waals surface area contributed by atoms with E-state index in [1.54, 1.807) is 0 Å². The Morgan fingerprint density at radius 2 is 2.29 bits per heavy atom. The van der Waals surface area contributed by atoms with Gasteiger partial charge >= 0.3 is 0 Å². The van der Waals surface area contributed by atoms with Crippen LogP contribution in [0.5, 0.6) is 0 Å².